The van der Waals surface area contributed by atoms with Crippen LogP contribution in [0.25, 0.3) is 6.08 Å². The zero-order valence-electron chi connectivity index (χ0n) is 13.7. The van der Waals surface area contributed by atoms with E-state index in [0.29, 0.717) is 20.9 Å². The van der Waals surface area contributed by atoms with E-state index in [4.69, 9.17) is 33.7 Å². The van der Waals surface area contributed by atoms with E-state index in [1.807, 2.05) is 48.5 Å². The number of carbonyl (C=O) groups excluding carboxylic acids is 1. The summed E-state index contributed by atoms with van der Waals surface area (Å²) in [5.74, 6) is 0.571. The fourth-order valence-electron chi connectivity index (χ4n) is 2.35. The standard InChI is InChI=1S/C19H16ClNO3S2/c20-15-5-1-14(2-6-15)12-24-16-7-3-13(4-8-16)11-17-18(23)21(9-10-22)19(25)26-17/h1-8,11,22H,9-10,12H2/b17-11-. The van der Waals surface area contributed by atoms with Crippen LogP contribution in [0.1, 0.15) is 11.1 Å². The van der Waals surface area contributed by atoms with Crippen molar-refractivity contribution in [3.63, 3.8) is 0 Å². The van der Waals surface area contributed by atoms with Crippen LogP contribution in [0.5, 0.6) is 5.75 Å². The molecule has 3 rings (SSSR count). The molecule has 1 amide bonds. The Hall–Kier alpha value is -1.86. The third kappa shape index (κ3) is 4.65. The van der Waals surface area contributed by atoms with E-state index in [1.54, 1.807) is 6.08 Å². The number of carbonyl (C=O) groups is 1. The van der Waals surface area contributed by atoms with Gasteiger partial charge in [0, 0.05) is 5.02 Å². The quantitative estimate of drug-likeness (QED) is 0.579. The lowest BCUT2D eigenvalue weighted by Crippen LogP contribution is -2.30. The van der Waals surface area contributed by atoms with Gasteiger partial charge in [0.15, 0.2) is 0 Å². The topological polar surface area (TPSA) is 49.8 Å². The van der Waals surface area contributed by atoms with E-state index < -0.39 is 0 Å². The van der Waals surface area contributed by atoms with Gasteiger partial charge >= 0.3 is 0 Å². The van der Waals surface area contributed by atoms with Gasteiger partial charge in [-0.15, -0.1) is 0 Å². The Morgan fingerprint density at radius 3 is 2.50 bits per heavy atom. The van der Waals surface area contributed by atoms with Crippen molar-refractivity contribution in [2.75, 3.05) is 13.2 Å². The molecule has 4 nitrogen and oxygen atoms in total. The van der Waals surface area contributed by atoms with E-state index in [2.05, 4.69) is 0 Å². The minimum absolute atomic E-state index is 0.112. The number of amides is 1. The summed E-state index contributed by atoms with van der Waals surface area (Å²) in [6, 6.07) is 15.0. The number of hydrogen-bond acceptors (Lipinski definition) is 5. The van der Waals surface area contributed by atoms with E-state index in [9.17, 15) is 4.79 Å². The Kier molecular flexibility index (Phi) is 6.32. The van der Waals surface area contributed by atoms with Gasteiger partial charge in [-0.2, -0.15) is 0 Å². The molecule has 2 aromatic carbocycles. The molecule has 0 spiro atoms. The predicted molar refractivity (Wildman–Crippen MR) is 109 cm³/mol. The van der Waals surface area contributed by atoms with Crippen LogP contribution in [-0.2, 0) is 11.4 Å². The van der Waals surface area contributed by atoms with Crippen LogP contribution < -0.4 is 4.74 Å². The summed E-state index contributed by atoms with van der Waals surface area (Å²) >= 11 is 12.3. The minimum atomic E-state index is -0.169. The van der Waals surface area contributed by atoms with Crippen molar-refractivity contribution >= 4 is 51.9 Å². The van der Waals surface area contributed by atoms with E-state index >= 15 is 0 Å². The van der Waals surface area contributed by atoms with Crippen LogP contribution in [0.2, 0.25) is 5.02 Å². The van der Waals surface area contributed by atoms with Crippen molar-refractivity contribution in [3.8, 4) is 5.75 Å². The summed E-state index contributed by atoms with van der Waals surface area (Å²) in [6.07, 6.45) is 1.79. The summed E-state index contributed by atoms with van der Waals surface area (Å²) in [5.41, 5.74) is 1.92. The maximum atomic E-state index is 12.3. The third-order valence-corrected chi connectivity index (χ3v) is 5.32. The number of rotatable bonds is 6. The first kappa shape index (κ1) is 18.9. The number of benzene rings is 2. The van der Waals surface area contributed by atoms with Crippen LogP contribution in [0.15, 0.2) is 53.4 Å². The Morgan fingerprint density at radius 1 is 1.15 bits per heavy atom. The Labute approximate surface area is 166 Å². The molecule has 26 heavy (non-hydrogen) atoms. The van der Waals surface area contributed by atoms with Gasteiger partial charge in [0.2, 0.25) is 0 Å². The number of thioether (sulfide) groups is 1. The highest BCUT2D eigenvalue weighted by Gasteiger charge is 2.31. The van der Waals surface area contributed by atoms with Gasteiger partial charge in [-0.25, -0.2) is 0 Å². The molecule has 0 bridgehead atoms. The fraction of sp³-hybridized carbons (Fsp3) is 0.158. The zero-order chi connectivity index (χ0) is 18.5. The smallest absolute Gasteiger partial charge is 0.266 e. The molecule has 0 atom stereocenters. The number of aliphatic hydroxyl groups is 1. The lowest BCUT2D eigenvalue weighted by Gasteiger charge is -2.11. The van der Waals surface area contributed by atoms with Crippen molar-refractivity contribution in [1.82, 2.24) is 4.90 Å². The predicted octanol–water partition coefficient (Wildman–Crippen LogP) is 4.11. The van der Waals surface area contributed by atoms with Crippen molar-refractivity contribution in [2.45, 2.75) is 6.61 Å². The molecule has 1 aliphatic heterocycles. The zero-order valence-corrected chi connectivity index (χ0v) is 16.1. The Bertz CT molecular complexity index is 835. The van der Waals surface area contributed by atoms with Gasteiger partial charge in [0.1, 0.15) is 16.7 Å². The lowest BCUT2D eigenvalue weighted by atomic mass is 10.2. The molecule has 134 valence electrons. The van der Waals surface area contributed by atoms with Crippen LogP contribution in [0, 0.1) is 0 Å². The molecule has 0 aliphatic carbocycles. The molecular formula is C19H16ClNO3S2. The van der Waals surface area contributed by atoms with Crippen molar-refractivity contribution in [3.05, 3.63) is 69.6 Å². The summed E-state index contributed by atoms with van der Waals surface area (Å²) in [4.78, 5) is 14.2. The molecule has 7 heteroatoms. The molecule has 0 aromatic heterocycles. The van der Waals surface area contributed by atoms with Gasteiger partial charge in [-0.05, 0) is 41.5 Å². The summed E-state index contributed by atoms with van der Waals surface area (Å²) < 4.78 is 6.22. The van der Waals surface area contributed by atoms with Crippen molar-refractivity contribution < 1.29 is 14.6 Å². The number of halogens is 1. The van der Waals surface area contributed by atoms with Gasteiger partial charge < -0.3 is 9.84 Å². The lowest BCUT2D eigenvalue weighted by molar-refractivity contribution is -0.122. The second-order valence-corrected chi connectivity index (χ2v) is 7.65. The summed E-state index contributed by atoms with van der Waals surface area (Å²) in [7, 11) is 0. The van der Waals surface area contributed by atoms with Crippen molar-refractivity contribution in [2.24, 2.45) is 0 Å². The SMILES string of the molecule is O=C1/C(=C/c2ccc(OCc3ccc(Cl)cc3)cc2)SC(=S)N1CCO. The first-order chi connectivity index (χ1) is 12.6. The van der Waals surface area contributed by atoms with Crippen molar-refractivity contribution in [1.29, 1.82) is 0 Å². The van der Waals surface area contributed by atoms with Crippen LogP contribution in [0.3, 0.4) is 0 Å². The average molecular weight is 406 g/mol. The van der Waals surface area contributed by atoms with Gasteiger partial charge in [-0.3, -0.25) is 9.69 Å². The molecule has 1 saturated heterocycles. The van der Waals surface area contributed by atoms with Crippen LogP contribution >= 0.6 is 35.6 Å². The molecule has 1 N–H and O–H groups in total. The largest absolute Gasteiger partial charge is 0.489 e. The number of hydrogen-bond donors (Lipinski definition) is 1. The maximum absolute atomic E-state index is 12.3. The number of ether oxygens (including phenoxy) is 1. The molecule has 1 aliphatic rings. The van der Waals surface area contributed by atoms with Gasteiger partial charge in [-0.1, -0.05) is 59.8 Å². The number of nitrogens with zero attached hydrogens (tertiary/aromatic N) is 1. The molecule has 1 heterocycles. The first-order valence-electron chi connectivity index (χ1n) is 7.90. The highest BCUT2D eigenvalue weighted by Crippen LogP contribution is 2.32. The molecule has 0 unspecified atom stereocenters. The first-order valence-corrected chi connectivity index (χ1v) is 9.50. The minimum Gasteiger partial charge on any atom is -0.489 e. The molecule has 2 aromatic rings. The number of thiocarbonyl (C=S) groups is 1. The summed E-state index contributed by atoms with van der Waals surface area (Å²) in [5, 5.41) is 9.71. The van der Waals surface area contributed by atoms with E-state index in [-0.39, 0.29) is 19.1 Å². The Morgan fingerprint density at radius 2 is 1.85 bits per heavy atom. The number of β-amino-alcohol motifs (C(OH)–C–C–N with tert-alkyl or cyclic N) is 1. The molecule has 1 fully saturated rings. The second-order valence-electron chi connectivity index (χ2n) is 5.54. The molecule has 0 saturated carbocycles. The van der Waals surface area contributed by atoms with Crippen LogP contribution in [-0.4, -0.2) is 33.4 Å². The fourth-order valence-corrected chi connectivity index (χ4v) is 3.79. The summed E-state index contributed by atoms with van der Waals surface area (Å²) in [6.45, 7) is 0.565. The van der Waals surface area contributed by atoms with Gasteiger partial charge in [0.25, 0.3) is 5.91 Å². The molecular weight excluding hydrogens is 390 g/mol. The monoisotopic (exact) mass is 405 g/mol. The Balaban J connectivity index is 1.63. The van der Waals surface area contributed by atoms with Gasteiger partial charge in [0.05, 0.1) is 18.1 Å². The average Bonchev–Trinajstić information content (AvgIpc) is 2.90. The van der Waals surface area contributed by atoms with Crippen LogP contribution in [0.4, 0.5) is 0 Å². The molecule has 0 radical (unpaired) electrons. The van der Waals surface area contributed by atoms with E-state index in [1.165, 1.54) is 16.7 Å². The second kappa shape index (κ2) is 8.68. The maximum Gasteiger partial charge on any atom is 0.266 e. The highest BCUT2D eigenvalue weighted by molar-refractivity contribution is 8.26. The highest BCUT2D eigenvalue weighted by atomic mass is 35.5. The van der Waals surface area contributed by atoms with E-state index in [0.717, 1.165) is 16.9 Å². The number of aliphatic hydroxyl groups excluding tert-OH is 1. The third-order valence-electron chi connectivity index (χ3n) is 3.69. The normalized spacial score (nSPS) is 15.8.